The smallest absolute Gasteiger partial charge is 0.184 e. The molecule has 5 rings (SSSR count). The summed E-state index contributed by atoms with van der Waals surface area (Å²) in [6.45, 7) is 5.45. The fourth-order valence-corrected chi connectivity index (χ4v) is 5.79. The number of nitrogens with zero attached hydrogens (tertiary/aromatic N) is 1. The van der Waals surface area contributed by atoms with Crippen molar-refractivity contribution in [3.05, 3.63) is 95.1 Å². The first-order chi connectivity index (χ1) is 18.6. The number of methoxy groups -OCH3 is 1. The highest BCUT2D eigenvalue weighted by atomic mass is 16.7. The summed E-state index contributed by atoms with van der Waals surface area (Å²) in [6, 6.07) is 25.4. The Morgan fingerprint density at radius 3 is 2.42 bits per heavy atom. The van der Waals surface area contributed by atoms with Crippen LogP contribution in [0.4, 0.5) is 0 Å². The number of benzene rings is 3. The highest BCUT2D eigenvalue weighted by Gasteiger charge is 2.40. The molecule has 2 saturated heterocycles. The summed E-state index contributed by atoms with van der Waals surface area (Å²) < 4.78 is 18.8. The molecule has 3 aromatic rings. The summed E-state index contributed by atoms with van der Waals surface area (Å²) in [6.07, 6.45) is 1.78. The summed E-state index contributed by atoms with van der Waals surface area (Å²) in [5.74, 6) is 0.160. The molecule has 0 amide bonds. The first-order valence-electron chi connectivity index (χ1n) is 13.7. The van der Waals surface area contributed by atoms with E-state index in [1.54, 1.807) is 7.11 Å². The second kappa shape index (κ2) is 12.5. The Morgan fingerprint density at radius 2 is 1.71 bits per heavy atom. The Balaban J connectivity index is 1.40. The second-order valence-electron chi connectivity index (χ2n) is 10.6. The van der Waals surface area contributed by atoms with Gasteiger partial charge < -0.3 is 25.1 Å². The molecule has 202 valence electrons. The molecule has 0 aromatic heterocycles. The summed E-state index contributed by atoms with van der Waals surface area (Å²) in [5, 5.41) is 9.51. The van der Waals surface area contributed by atoms with E-state index in [1.807, 2.05) is 24.3 Å². The van der Waals surface area contributed by atoms with E-state index < -0.39 is 6.29 Å². The van der Waals surface area contributed by atoms with Crippen LogP contribution in [0.1, 0.15) is 54.4 Å². The Hall–Kier alpha value is -2.58. The monoisotopic (exact) mass is 516 g/mol. The van der Waals surface area contributed by atoms with E-state index in [0.717, 1.165) is 59.5 Å². The van der Waals surface area contributed by atoms with Crippen LogP contribution >= 0.6 is 0 Å². The van der Waals surface area contributed by atoms with Crippen LogP contribution in [0.15, 0.2) is 72.8 Å². The van der Waals surface area contributed by atoms with Gasteiger partial charge in [0.25, 0.3) is 0 Å². The predicted molar refractivity (Wildman–Crippen MR) is 149 cm³/mol. The van der Waals surface area contributed by atoms with Gasteiger partial charge in [-0.15, -0.1) is 0 Å². The largest absolute Gasteiger partial charge is 0.392 e. The minimum atomic E-state index is -0.466. The molecule has 0 spiro atoms. The Labute approximate surface area is 226 Å². The van der Waals surface area contributed by atoms with Gasteiger partial charge in [0.1, 0.15) is 0 Å². The van der Waals surface area contributed by atoms with E-state index >= 15 is 0 Å². The molecular weight excluding hydrogens is 476 g/mol. The van der Waals surface area contributed by atoms with Crippen LogP contribution in [0.25, 0.3) is 11.1 Å². The third-order valence-electron chi connectivity index (χ3n) is 8.07. The molecule has 0 bridgehead atoms. The average Bonchev–Trinajstić information content (AvgIpc) is 3.41. The van der Waals surface area contributed by atoms with Gasteiger partial charge in [-0.25, -0.2) is 0 Å². The van der Waals surface area contributed by atoms with Crippen molar-refractivity contribution in [3.8, 4) is 11.1 Å². The maximum atomic E-state index is 9.51. The third kappa shape index (κ3) is 6.01. The quantitative estimate of drug-likeness (QED) is 0.407. The van der Waals surface area contributed by atoms with E-state index in [-0.39, 0.29) is 24.7 Å². The molecule has 0 aliphatic carbocycles. The maximum absolute atomic E-state index is 9.51. The number of aliphatic hydroxyl groups excluding tert-OH is 1. The number of ether oxygens (including phenoxy) is 3. The molecule has 3 aromatic carbocycles. The van der Waals surface area contributed by atoms with Gasteiger partial charge in [-0.1, -0.05) is 73.7 Å². The molecule has 6 heteroatoms. The van der Waals surface area contributed by atoms with Crippen molar-refractivity contribution in [2.24, 2.45) is 11.7 Å². The average molecular weight is 517 g/mol. The van der Waals surface area contributed by atoms with Crippen molar-refractivity contribution in [3.63, 3.8) is 0 Å². The number of likely N-dealkylation sites (tertiary alicyclic amines) is 1. The summed E-state index contributed by atoms with van der Waals surface area (Å²) in [7, 11) is 1.78. The first-order valence-corrected chi connectivity index (χ1v) is 13.7. The van der Waals surface area contributed by atoms with Crippen molar-refractivity contribution < 1.29 is 19.3 Å². The highest BCUT2D eigenvalue weighted by molar-refractivity contribution is 5.64. The van der Waals surface area contributed by atoms with E-state index in [1.165, 1.54) is 6.42 Å². The fraction of sp³-hybridized carbons (Fsp3) is 0.438. The predicted octanol–water partition coefficient (Wildman–Crippen LogP) is 5.21. The van der Waals surface area contributed by atoms with Crippen molar-refractivity contribution >= 4 is 0 Å². The van der Waals surface area contributed by atoms with Gasteiger partial charge in [0, 0.05) is 37.7 Å². The van der Waals surface area contributed by atoms with Crippen molar-refractivity contribution in [1.82, 2.24) is 4.90 Å². The summed E-state index contributed by atoms with van der Waals surface area (Å²) in [4.78, 5) is 2.52. The summed E-state index contributed by atoms with van der Waals surface area (Å²) in [5.41, 5.74) is 12.3. The lowest BCUT2D eigenvalue weighted by molar-refractivity contribution is -0.276. The lowest BCUT2D eigenvalue weighted by Gasteiger charge is -2.43. The molecule has 6 nitrogen and oxygen atoms in total. The van der Waals surface area contributed by atoms with Crippen molar-refractivity contribution in [1.29, 1.82) is 0 Å². The molecule has 3 N–H and O–H groups in total. The van der Waals surface area contributed by atoms with Crippen molar-refractivity contribution in [2.75, 3.05) is 26.8 Å². The van der Waals surface area contributed by atoms with Crippen LogP contribution in [0.2, 0.25) is 0 Å². The van der Waals surface area contributed by atoms with Gasteiger partial charge in [0.2, 0.25) is 0 Å². The maximum Gasteiger partial charge on any atom is 0.184 e. The van der Waals surface area contributed by atoms with E-state index in [2.05, 4.69) is 60.4 Å². The minimum absolute atomic E-state index is 0.00892. The van der Waals surface area contributed by atoms with Crippen LogP contribution in [-0.2, 0) is 27.4 Å². The molecule has 0 saturated carbocycles. The first kappa shape index (κ1) is 27.0. The Kier molecular flexibility index (Phi) is 8.89. The zero-order chi connectivity index (χ0) is 26.5. The van der Waals surface area contributed by atoms with Crippen LogP contribution in [0.3, 0.4) is 0 Å². The Morgan fingerprint density at radius 1 is 0.947 bits per heavy atom. The fourth-order valence-electron chi connectivity index (χ4n) is 5.79. The molecule has 0 radical (unpaired) electrons. The van der Waals surface area contributed by atoms with Gasteiger partial charge in [-0.05, 0) is 53.3 Å². The lowest BCUT2D eigenvalue weighted by atomic mass is 9.89. The van der Waals surface area contributed by atoms with Crippen LogP contribution in [-0.4, -0.2) is 49.0 Å². The standard InChI is InChI=1S/C32H40N2O4/c1-22-30(19-34-16-4-7-29(34)21-36-2)37-32(38-31(22)26-10-8-23(20-35)9-11-26)27-14-12-25(13-15-27)28-6-3-5-24(17-28)18-33/h3,5-6,8-15,17,22,29-32,35H,4,7,16,18-21,33H2,1-2H3/t22-,29-,30+,31+,32+/m0/s1. The van der Waals surface area contributed by atoms with E-state index in [0.29, 0.717) is 12.6 Å². The lowest BCUT2D eigenvalue weighted by Crippen LogP contribution is -2.46. The van der Waals surface area contributed by atoms with Crippen LogP contribution in [0.5, 0.6) is 0 Å². The molecule has 2 fully saturated rings. The van der Waals surface area contributed by atoms with Gasteiger partial charge in [-0.3, -0.25) is 4.90 Å². The van der Waals surface area contributed by atoms with Crippen LogP contribution < -0.4 is 5.73 Å². The van der Waals surface area contributed by atoms with Gasteiger partial charge >= 0.3 is 0 Å². The number of aliphatic hydroxyl groups is 1. The van der Waals surface area contributed by atoms with Gasteiger partial charge in [0.15, 0.2) is 6.29 Å². The minimum Gasteiger partial charge on any atom is -0.392 e. The number of rotatable bonds is 9. The zero-order valence-electron chi connectivity index (χ0n) is 22.5. The molecule has 5 atom stereocenters. The SMILES string of the molecule is COC[C@@H]1CCCN1C[C@H]1O[C@@H](c2ccc(-c3cccc(CN)c3)cc2)O[C@@H](c2ccc(CO)cc2)[C@H]1C. The summed E-state index contributed by atoms with van der Waals surface area (Å²) >= 11 is 0. The molecule has 2 aliphatic heterocycles. The van der Waals surface area contributed by atoms with Gasteiger partial charge in [-0.2, -0.15) is 0 Å². The second-order valence-corrected chi connectivity index (χ2v) is 10.6. The highest BCUT2D eigenvalue weighted by Crippen LogP contribution is 2.42. The van der Waals surface area contributed by atoms with E-state index in [4.69, 9.17) is 19.9 Å². The topological polar surface area (TPSA) is 77.2 Å². The Bertz CT molecular complexity index is 1170. The van der Waals surface area contributed by atoms with E-state index in [9.17, 15) is 5.11 Å². The molecular formula is C32H40N2O4. The molecule has 0 unspecified atom stereocenters. The third-order valence-corrected chi connectivity index (χ3v) is 8.07. The van der Waals surface area contributed by atoms with Crippen LogP contribution in [0, 0.1) is 5.92 Å². The molecule has 2 aliphatic rings. The number of nitrogens with two attached hydrogens (primary N) is 1. The molecule has 2 heterocycles. The number of hydrogen-bond donors (Lipinski definition) is 2. The zero-order valence-corrected chi connectivity index (χ0v) is 22.5. The normalized spacial score (nSPS) is 26.1. The van der Waals surface area contributed by atoms with Crippen molar-refractivity contribution in [2.45, 2.75) is 57.5 Å². The van der Waals surface area contributed by atoms with Gasteiger partial charge in [0.05, 0.1) is 25.4 Å². The molecule has 38 heavy (non-hydrogen) atoms. The number of hydrogen-bond acceptors (Lipinski definition) is 6.